The Morgan fingerprint density at radius 2 is 1.15 bits per heavy atom. The van der Waals surface area contributed by atoms with E-state index in [0.29, 0.717) is 23.2 Å². The molecule has 1 heterocycles. The van der Waals surface area contributed by atoms with E-state index in [-0.39, 0.29) is 17.7 Å². The average molecular weight is 385 g/mol. The lowest BCUT2D eigenvalue weighted by Gasteiger charge is -2.24. The van der Waals surface area contributed by atoms with Crippen LogP contribution in [0.2, 0.25) is 6.04 Å². The topological polar surface area (TPSA) is 66.8 Å². The minimum Gasteiger partial charge on any atom is -0.377 e. The van der Waals surface area contributed by atoms with E-state index in [0.717, 1.165) is 10.8 Å². The zero-order valence-corrected chi connectivity index (χ0v) is 16.7. The van der Waals surface area contributed by atoms with Crippen LogP contribution >= 0.6 is 0 Å². The van der Waals surface area contributed by atoms with Crippen molar-refractivity contribution in [3.63, 3.8) is 0 Å². The third-order valence-electron chi connectivity index (χ3n) is 4.89. The molecule has 7 heteroatoms. The van der Waals surface area contributed by atoms with E-state index in [4.69, 9.17) is 13.3 Å². The lowest BCUT2D eigenvalue weighted by atomic mass is 10.1. The molecular formula is C20H23NO5Si. The Morgan fingerprint density at radius 3 is 1.56 bits per heavy atom. The van der Waals surface area contributed by atoms with Gasteiger partial charge in [-0.15, -0.1) is 0 Å². The van der Waals surface area contributed by atoms with Crippen LogP contribution < -0.4 is 11.1 Å². The predicted molar refractivity (Wildman–Crippen MR) is 108 cm³/mol. The Balaban J connectivity index is 2.13. The second-order valence-corrected chi connectivity index (χ2v) is 9.34. The molecule has 0 aliphatic carbocycles. The highest BCUT2D eigenvalue weighted by Crippen LogP contribution is 2.20. The van der Waals surface area contributed by atoms with Gasteiger partial charge in [-0.2, -0.15) is 0 Å². The second-order valence-electron chi connectivity index (χ2n) is 6.25. The van der Waals surface area contributed by atoms with Gasteiger partial charge in [-0.05, 0) is 29.3 Å². The molecule has 3 rings (SSSR count). The summed E-state index contributed by atoms with van der Waals surface area (Å²) in [5.41, 5.74) is -0.572. The van der Waals surface area contributed by atoms with Crippen LogP contribution in [0.5, 0.6) is 0 Å². The Labute approximate surface area is 158 Å². The van der Waals surface area contributed by atoms with Crippen molar-refractivity contribution >= 4 is 30.3 Å². The molecule has 0 saturated heterocycles. The summed E-state index contributed by atoms with van der Waals surface area (Å²) >= 11 is 0. The first kappa shape index (κ1) is 19.4. The van der Waals surface area contributed by atoms with Crippen molar-refractivity contribution in [1.29, 1.82) is 0 Å². The number of fused-ring (bicyclic) bond motifs is 3. The molecule has 0 unspecified atom stereocenters. The number of benzene rings is 2. The number of rotatable bonds is 7. The van der Waals surface area contributed by atoms with Gasteiger partial charge in [0, 0.05) is 44.7 Å². The fourth-order valence-corrected chi connectivity index (χ4v) is 5.11. The van der Waals surface area contributed by atoms with Gasteiger partial charge in [-0.25, -0.2) is 0 Å². The van der Waals surface area contributed by atoms with Crippen LogP contribution in [0.4, 0.5) is 0 Å². The highest BCUT2D eigenvalue weighted by atomic mass is 28.4. The van der Waals surface area contributed by atoms with Crippen LogP contribution in [-0.4, -0.2) is 34.7 Å². The number of hydrogen-bond donors (Lipinski definition) is 0. The summed E-state index contributed by atoms with van der Waals surface area (Å²) in [6, 6.07) is 15.2. The first-order valence-electron chi connectivity index (χ1n) is 8.77. The van der Waals surface area contributed by atoms with E-state index >= 15 is 0 Å². The Kier molecular flexibility index (Phi) is 5.86. The molecule has 0 amide bonds. The van der Waals surface area contributed by atoms with E-state index in [9.17, 15) is 9.59 Å². The van der Waals surface area contributed by atoms with Crippen molar-refractivity contribution in [2.45, 2.75) is 19.0 Å². The summed E-state index contributed by atoms with van der Waals surface area (Å²) < 4.78 is 17.6. The van der Waals surface area contributed by atoms with Crippen LogP contribution in [-0.2, 0) is 19.8 Å². The lowest BCUT2D eigenvalue weighted by molar-refractivity contribution is 0.122. The van der Waals surface area contributed by atoms with Crippen LogP contribution in [0.25, 0.3) is 21.5 Å². The summed E-state index contributed by atoms with van der Waals surface area (Å²) in [5.74, 6) is 0. The molecule has 2 aromatic carbocycles. The van der Waals surface area contributed by atoms with Gasteiger partial charge in [-0.1, -0.05) is 36.4 Å². The van der Waals surface area contributed by atoms with E-state index in [2.05, 4.69) is 0 Å². The zero-order valence-electron chi connectivity index (χ0n) is 15.7. The molecule has 142 valence electrons. The molecule has 0 N–H and O–H groups in total. The number of aromatic nitrogens is 1. The van der Waals surface area contributed by atoms with Crippen molar-refractivity contribution < 1.29 is 13.3 Å². The first-order valence-corrected chi connectivity index (χ1v) is 10.7. The highest BCUT2D eigenvalue weighted by Gasteiger charge is 2.37. The molecule has 0 radical (unpaired) electrons. The summed E-state index contributed by atoms with van der Waals surface area (Å²) in [4.78, 5) is 26.2. The maximum atomic E-state index is 13.1. The van der Waals surface area contributed by atoms with Crippen LogP contribution in [0.1, 0.15) is 6.42 Å². The van der Waals surface area contributed by atoms with Gasteiger partial charge in [0.2, 0.25) is 0 Å². The molecule has 0 fully saturated rings. The molecule has 0 bridgehead atoms. The molecule has 6 nitrogen and oxygen atoms in total. The highest BCUT2D eigenvalue weighted by molar-refractivity contribution is 6.60. The molecule has 27 heavy (non-hydrogen) atoms. The first-order chi connectivity index (χ1) is 13.1. The van der Waals surface area contributed by atoms with Gasteiger partial charge in [-0.3, -0.25) is 14.2 Å². The molecule has 0 atom stereocenters. The molecule has 0 aliphatic heterocycles. The fraction of sp³-hybridized carbons (Fsp3) is 0.300. The van der Waals surface area contributed by atoms with Gasteiger partial charge in [0.25, 0.3) is 11.1 Å². The minimum absolute atomic E-state index is 0.269. The van der Waals surface area contributed by atoms with Crippen molar-refractivity contribution in [2.24, 2.45) is 0 Å². The van der Waals surface area contributed by atoms with E-state index < -0.39 is 8.80 Å². The van der Waals surface area contributed by atoms with Crippen LogP contribution in [0, 0.1) is 0 Å². The van der Waals surface area contributed by atoms with Crippen LogP contribution in [0.3, 0.4) is 0 Å². The molecular weight excluding hydrogens is 362 g/mol. The lowest BCUT2D eigenvalue weighted by Crippen LogP contribution is -2.43. The van der Waals surface area contributed by atoms with Crippen molar-refractivity contribution in [1.82, 2.24) is 4.57 Å². The normalized spacial score (nSPS) is 12.0. The van der Waals surface area contributed by atoms with E-state index in [1.807, 2.05) is 36.4 Å². The summed E-state index contributed by atoms with van der Waals surface area (Å²) in [6.07, 6.45) is 0.531. The zero-order chi connectivity index (χ0) is 19.4. The van der Waals surface area contributed by atoms with Gasteiger partial charge in [0.15, 0.2) is 0 Å². The Bertz CT molecular complexity index is 994. The monoisotopic (exact) mass is 385 g/mol. The van der Waals surface area contributed by atoms with Crippen molar-refractivity contribution in [3.05, 3.63) is 69.2 Å². The maximum Gasteiger partial charge on any atom is 0.500 e. The maximum absolute atomic E-state index is 13.1. The third kappa shape index (κ3) is 3.59. The Hall–Kier alpha value is -2.32. The second kappa shape index (κ2) is 8.14. The largest absolute Gasteiger partial charge is 0.500 e. The van der Waals surface area contributed by atoms with Crippen molar-refractivity contribution in [3.8, 4) is 0 Å². The Morgan fingerprint density at radius 1 is 0.741 bits per heavy atom. The molecule has 0 spiro atoms. The van der Waals surface area contributed by atoms with E-state index in [1.54, 1.807) is 33.5 Å². The van der Waals surface area contributed by atoms with Crippen molar-refractivity contribution in [2.75, 3.05) is 21.3 Å². The quantitative estimate of drug-likeness (QED) is 0.585. The smallest absolute Gasteiger partial charge is 0.377 e. The van der Waals surface area contributed by atoms with E-state index in [1.165, 1.54) is 4.57 Å². The molecule has 1 aromatic heterocycles. The summed E-state index contributed by atoms with van der Waals surface area (Å²) in [5, 5.41) is 2.63. The average Bonchev–Trinajstić information content (AvgIpc) is 2.81. The molecule has 3 aromatic rings. The van der Waals surface area contributed by atoms with Gasteiger partial charge >= 0.3 is 8.80 Å². The number of nitrogens with zero attached hydrogens (tertiary/aromatic N) is 1. The predicted octanol–water partition coefficient (Wildman–Crippen LogP) is 2.78. The standard InChI is InChI=1S/C20H23NO5Si/c1-24-27(25-2,26-3)14-8-13-21-19(22)17-11-6-4-9-15(17)16-10-5-7-12-18(16)20(21)23/h4-7,9-12H,8,13-14H2,1-3H3. The molecule has 0 aliphatic rings. The summed E-state index contributed by atoms with van der Waals surface area (Å²) in [6.45, 7) is 0.269. The third-order valence-corrected chi connectivity index (χ3v) is 7.73. The SMILES string of the molecule is CO[Si](CCCn1c(=O)c2ccccc2c2ccccc2c1=O)(OC)OC. The number of hydrogen-bond acceptors (Lipinski definition) is 5. The molecule has 0 saturated carbocycles. The van der Waals surface area contributed by atoms with Gasteiger partial charge in [0.1, 0.15) is 0 Å². The summed E-state index contributed by atoms with van der Waals surface area (Å²) in [7, 11) is 1.90. The van der Waals surface area contributed by atoms with Gasteiger partial charge in [0.05, 0.1) is 0 Å². The minimum atomic E-state index is -2.75. The fourth-order valence-electron chi connectivity index (χ4n) is 3.40. The van der Waals surface area contributed by atoms with Crippen LogP contribution in [0.15, 0.2) is 58.1 Å². The van der Waals surface area contributed by atoms with Gasteiger partial charge < -0.3 is 13.3 Å².